The first kappa shape index (κ1) is 27.7. The summed E-state index contributed by atoms with van der Waals surface area (Å²) in [6, 6.07) is 11.7. The van der Waals surface area contributed by atoms with Crippen LogP contribution in [0.5, 0.6) is 0 Å². The van der Waals surface area contributed by atoms with Crippen molar-refractivity contribution in [1.29, 1.82) is 0 Å². The van der Waals surface area contributed by atoms with Gasteiger partial charge in [-0.3, -0.25) is 9.48 Å². The lowest BCUT2D eigenvalue weighted by Gasteiger charge is -2.37. The van der Waals surface area contributed by atoms with Gasteiger partial charge in [-0.15, -0.1) is 0 Å². The predicted molar refractivity (Wildman–Crippen MR) is 144 cm³/mol. The van der Waals surface area contributed by atoms with Crippen LogP contribution in [-0.2, 0) is 17.1 Å². The van der Waals surface area contributed by atoms with Crippen LogP contribution in [0.1, 0.15) is 41.1 Å². The summed E-state index contributed by atoms with van der Waals surface area (Å²) in [5.74, 6) is -0.520. The van der Waals surface area contributed by atoms with Gasteiger partial charge in [-0.25, -0.2) is 17.5 Å². The average molecular weight is 568 g/mol. The Kier molecular flexibility index (Phi) is 8.70. The number of benzene rings is 2. The lowest BCUT2D eigenvalue weighted by molar-refractivity contribution is 0.0939. The second-order valence-electron chi connectivity index (χ2n) is 9.50. The first-order valence-corrected chi connectivity index (χ1v) is 14.6. The Morgan fingerprint density at radius 1 is 1.22 bits per heavy atom. The molecule has 1 aliphatic rings. The van der Waals surface area contributed by atoms with Gasteiger partial charge in [-0.05, 0) is 55.0 Å². The number of aryl methyl sites for hydroxylation is 1. The first-order valence-electron chi connectivity index (χ1n) is 12.0. The summed E-state index contributed by atoms with van der Waals surface area (Å²) < 4.78 is 41.1. The van der Waals surface area contributed by atoms with E-state index in [4.69, 9.17) is 23.2 Å². The summed E-state index contributed by atoms with van der Waals surface area (Å²) in [5.41, 5.74) is 2.68. The molecule has 3 aromatic rings. The van der Waals surface area contributed by atoms with E-state index >= 15 is 0 Å². The van der Waals surface area contributed by atoms with E-state index in [0.29, 0.717) is 52.8 Å². The highest BCUT2D eigenvalue weighted by atomic mass is 35.5. The van der Waals surface area contributed by atoms with Crippen LogP contribution in [0.15, 0.2) is 48.7 Å². The number of Topliss-reactive ketones (excluding diaryl/α,β-unsaturated/α-hetero) is 1. The third-order valence-corrected chi connectivity index (χ3v) is 8.12. The number of nitrogens with zero attached hydrogens (tertiary/aromatic N) is 2. The summed E-state index contributed by atoms with van der Waals surface area (Å²) >= 11 is 12.8. The number of hydrogen-bond acceptors (Lipinski definition) is 5. The number of halogens is 3. The van der Waals surface area contributed by atoms with Crippen LogP contribution >= 0.6 is 23.2 Å². The minimum absolute atomic E-state index is 0.0336. The smallest absolute Gasteiger partial charge is 0.208 e. The zero-order valence-electron chi connectivity index (χ0n) is 20.5. The maximum absolute atomic E-state index is 14.1. The fraction of sp³-hybridized carbons (Fsp3) is 0.385. The average Bonchev–Trinajstić information content (AvgIpc) is 3.16. The van der Waals surface area contributed by atoms with Crippen LogP contribution in [0.2, 0.25) is 10.0 Å². The molecule has 2 heterocycles. The minimum Gasteiger partial charge on any atom is -0.314 e. The Morgan fingerprint density at radius 2 is 2.00 bits per heavy atom. The van der Waals surface area contributed by atoms with E-state index in [2.05, 4.69) is 15.1 Å². The minimum atomic E-state index is -3.27. The van der Waals surface area contributed by atoms with Crippen molar-refractivity contribution in [3.8, 4) is 11.3 Å². The highest BCUT2D eigenvalue weighted by molar-refractivity contribution is 7.88. The molecule has 1 aliphatic heterocycles. The van der Waals surface area contributed by atoms with Gasteiger partial charge in [-0.1, -0.05) is 47.5 Å². The van der Waals surface area contributed by atoms with E-state index in [-0.39, 0.29) is 35.9 Å². The van der Waals surface area contributed by atoms with Crippen LogP contribution in [0.25, 0.3) is 11.3 Å². The van der Waals surface area contributed by atoms with Crippen LogP contribution in [0.4, 0.5) is 4.39 Å². The number of aromatic nitrogens is 2. The SMILES string of the molecule is Cn1ncc(Cl)c1-c1ccc(C(=O)C[C@@H]2CNC(CCNS(C)(=O)=O)C[C@H]2c2cccc(F)c2)cc1Cl. The first-order chi connectivity index (χ1) is 17.5. The molecule has 11 heteroatoms. The summed E-state index contributed by atoms with van der Waals surface area (Å²) in [5, 5.41) is 8.46. The number of rotatable bonds is 9. The Balaban J connectivity index is 1.51. The van der Waals surface area contributed by atoms with Crippen LogP contribution in [0.3, 0.4) is 0 Å². The van der Waals surface area contributed by atoms with Gasteiger partial charge in [-0.2, -0.15) is 5.10 Å². The van der Waals surface area contributed by atoms with Crippen molar-refractivity contribution in [2.75, 3.05) is 19.3 Å². The number of carbonyl (C=O) groups is 1. The van der Waals surface area contributed by atoms with E-state index in [1.54, 1.807) is 42.2 Å². The normalized spacial score (nSPS) is 20.2. The van der Waals surface area contributed by atoms with Crippen molar-refractivity contribution in [3.05, 3.63) is 75.7 Å². The Hall–Kier alpha value is -2.30. The summed E-state index contributed by atoms with van der Waals surface area (Å²) in [4.78, 5) is 13.3. The maximum Gasteiger partial charge on any atom is 0.208 e. The number of piperidine rings is 1. The molecule has 1 fully saturated rings. The van der Waals surface area contributed by atoms with Crippen molar-refractivity contribution in [2.45, 2.75) is 31.2 Å². The van der Waals surface area contributed by atoms with Gasteiger partial charge in [0.05, 0.1) is 28.2 Å². The number of sulfonamides is 1. The topological polar surface area (TPSA) is 93.1 Å². The van der Waals surface area contributed by atoms with Gasteiger partial charge in [0.2, 0.25) is 10.0 Å². The fourth-order valence-corrected chi connectivity index (χ4v) is 6.02. The molecule has 3 atom stereocenters. The molecule has 7 nitrogen and oxygen atoms in total. The van der Waals surface area contributed by atoms with Crippen molar-refractivity contribution >= 4 is 39.0 Å². The Labute approximate surface area is 226 Å². The lowest BCUT2D eigenvalue weighted by atomic mass is 9.75. The molecule has 0 bridgehead atoms. The number of ketones is 1. The molecule has 2 aromatic carbocycles. The highest BCUT2D eigenvalue weighted by Gasteiger charge is 2.33. The third kappa shape index (κ3) is 6.97. The van der Waals surface area contributed by atoms with Gasteiger partial charge in [0.1, 0.15) is 5.82 Å². The molecular weight excluding hydrogens is 538 g/mol. The number of hydrogen-bond donors (Lipinski definition) is 2. The van der Waals surface area contributed by atoms with E-state index in [9.17, 15) is 17.6 Å². The monoisotopic (exact) mass is 566 g/mol. The lowest BCUT2D eigenvalue weighted by Crippen LogP contribution is -2.45. The standard InChI is InChI=1S/C26H29Cl2FN4O3S/c1-33-26(24(28)15-31-33)21-7-6-17(11-23(21)27)25(34)12-18-14-30-20(8-9-32-37(2,35)36)13-22(18)16-4-3-5-19(29)10-16/h3-7,10-11,15,18,20,22,30,32H,8-9,12-14H2,1-2H3/t18-,20?,22+/m1/s1. The van der Waals surface area contributed by atoms with E-state index in [1.165, 1.54) is 12.1 Å². The quantitative estimate of drug-likeness (QED) is 0.362. The molecule has 0 spiro atoms. The second-order valence-corrected chi connectivity index (χ2v) is 12.2. The van der Waals surface area contributed by atoms with E-state index in [0.717, 1.165) is 11.8 Å². The largest absolute Gasteiger partial charge is 0.314 e. The van der Waals surface area contributed by atoms with Crippen molar-refractivity contribution in [3.63, 3.8) is 0 Å². The van der Waals surface area contributed by atoms with E-state index in [1.807, 2.05) is 6.07 Å². The molecule has 2 N–H and O–H groups in total. The molecule has 0 radical (unpaired) electrons. The zero-order chi connectivity index (χ0) is 26.7. The molecule has 37 heavy (non-hydrogen) atoms. The van der Waals surface area contributed by atoms with Gasteiger partial charge in [0, 0.05) is 37.2 Å². The molecule has 0 aliphatic carbocycles. The molecule has 0 amide bonds. The molecular formula is C26H29Cl2FN4O3S. The summed E-state index contributed by atoms with van der Waals surface area (Å²) in [6.45, 7) is 0.856. The van der Waals surface area contributed by atoms with Crippen LogP contribution in [-0.4, -0.2) is 49.4 Å². The second kappa shape index (κ2) is 11.6. The zero-order valence-corrected chi connectivity index (χ0v) is 22.9. The fourth-order valence-electron chi connectivity index (χ4n) is 4.99. The van der Waals surface area contributed by atoms with Crippen molar-refractivity contribution in [1.82, 2.24) is 19.8 Å². The Morgan fingerprint density at radius 3 is 2.65 bits per heavy atom. The number of nitrogens with one attached hydrogen (secondary N) is 2. The molecule has 198 valence electrons. The van der Waals surface area contributed by atoms with Crippen LogP contribution in [0, 0.1) is 11.7 Å². The maximum atomic E-state index is 14.1. The van der Waals surface area contributed by atoms with Crippen LogP contribution < -0.4 is 10.0 Å². The van der Waals surface area contributed by atoms with Crippen molar-refractivity contribution in [2.24, 2.45) is 13.0 Å². The van der Waals surface area contributed by atoms with Gasteiger partial charge in [0.25, 0.3) is 0 Å². The van der Waals surface area contributed by atoms with Gasteiger partial charge in [0.15, 0.2) is 5.78 Å². The highest BCUT2D eigenvalue weighted by Crippen LogP contribution is 2.37. The predicted octanol–water partition coefficient (Wildman–Crippen LogP) is 4.81. The molecule has 1 unspecified atom stereocenters. The van der Waals surface area contributed by atoms with E-state index < -0.39 is 10.0 Å². The molecule has 4 rings (SSSR count). The third-order valence-electron chi connectivity index (χ3n) is 6.80. The molecule has 1 saturated heterocycles. The van der Waals surface area contributed by atoms with Gasteiger partial charge >= 0.3 is 0 Å². The number of carbonyl (C=O) groups excluding carboxylic acids is 1. The Bertz CT molecular complexity index is 1380. The molecule has 0 saturated carbocycles. The summed E-state index contributed by atoms with van der Waals surface area (Å²) in [6.07, 6.45) is 4.17. The summed E-state index contributed by atoms with van der Waals surface area (Å²) in [7, 11) is -1.51. The van der Waals surface area contributed by atoms with Gasteiger partial charge < -0.3 is 5.32 Å². The van der Waals surface area contributed by atoms with Crippen molar-refractivity contribution < 1.29 is 17.6 Å². The molecule has 1 aromatic heterocycles.